The second-order valence-corrected chi connectivity index (χ2v) is 6.77. The van der Waals surface area contributed by atoms with Gasteiger partial charge in [-0.2, -0.15) is 14.9 Å². The van der Waals surface area contributed by atoms with Crippen molar-refractivity contribution >= 4 is 50.3 Å². The van der Waals surface area contributed by atoms with E-state index in [0.29, 0.717) is 20.6 Å². The number of phenolic OH excluding ortho intramolecular Hbond substituents is 2. The van der Waals surface area contributed by atoms with Crippen molar-refractivity contribution in [2.24, 2.45) is 5.10 Å². The van der Waals surface area contributed by atoms with Gasteiger partial charge in [0.05, 0.1) is 10.7 Å². The number of nitrogens with one attached hydrogen (secondary N) is 1. The van der Waals surface area contributed by atoms with Crippen LogP contribution in [0.15, 0.2) is 50.4 Å². The summed E-state index contributed by atoms with van der Waals surface area (Å²) in [5.41, 5.74) is 1.24. The molecule has 122 valence electrons. The van der Waals surface area contributed by atoms with Gasteiger partial charge >= 0.3 is 0 Å². The van der Waals surface area contributed by atoms with E-state index < -0.39 is 0 Å². The van der Waals surface area contributed by atoms with Crippen LogP contribution in [0.25, 0.3) is 11.4 Å². The molecule has 0 aliphatic rings. The van der Waals surface area contributed by atoms with Crippen LogP contribution in [0, 0.1) is 4.77 Å². The molecule has 0 aliphatic carbocycles. The highest BCUT2D eigenvalue weighted by molar-refractivity contribution is 9.11. The van der Waals surface area contributed by atoms with Gasteiger partial charge in [-0.05, 0) is 50.1 Å². The van der Waals surface area contributed by atoms with Gasteiger partial charge in [-0.1, -0.05) is 30.3 Å². The zero-order valence-corrected chi connectivity index (χ0v) is 15.9. The summed E-state index contributed by atoms with van der Waals surface area (Å²) in [6.07, 6.45) is 1.43. The Morgan fingerprint density at radius 3 is 2.58 bits per heavy atom. The van der Waals surface area contributed by atoms with E-state index in [1.165, 1.54) is 10.9 Å². The Kier molecular flexibility index (Phi) is 4.83. The van der Waals surface area contributed by atoms with E-state index in [4.69, 9.17) is 12.2 Å². The first kappa shape index (κ1) is 16.9. The number of phenols is 2. The van der Waals surface area contributed by atoms with E-state index in [0.717, 1.165) is 5.56 Å². The van der Waals surface area contributed by atoms with Crippen LogP contribution in [0.3, 0.4) is 0 Å². The SMILES string of the molecule is Oc1c(Br)cc(C=Nn2c(-c3ccccc3)n[nH]c2=S)c(O)c1Br. The Morgan fingerprint density at radius 1 is 1.17 bits per heavy atom. The van der Waals surface area contributed by atoms with Gasteiger partial charge in [0, 0.05) is 11.1 Å². The molecule has 2 aromatic carbocycles. The van der Waals surface area contributed by atoms with Crippen molar-refractivity contribution in [2.75, 3.05) is 0 Å². The van der Waals surface area contributed by atoms with Crippen LogP contribution in [0.5, 0.6) is 11.5 Å². The van der Waals surface area contributed by atoms with Gasteiger partial charge in [-0.25, -0.2) is 5.10 Å². The van der Waals surface area contributed by atoms with E-state index in [1.807, 2.05) is 30.3 Å². The van der Waals surface area contributed by atoms with Gasteiger partial charge < -0.3 is 10.2 Å². The number of nitrogens with zero attached hydrogens (tertiary/aromatic N) is 3. The molecule has 0 aliphatic heterocycles. The van der Waals surface area contributed by atoms with E-state index in [-0.39, 0.29) is 16.0 Å². The fourth-order valence-corrected chi connectivity index (χ4v) is 3.34. The molecule has 9 heteroatoms. The Hall–Kier alpha value is -1.97. The molecule has 0 saturated carbocycles. The first-order chi connectivity index (χ1) is 11.5. The summed E-state index contributed by atoms with van der Waals surface area (Å²) in [6, 6.07) is 11.0. The fourth-order valence-electron chi connectivity index (χ4n) is 2.01. The number of halogens is 2. The molecule has 6 nitrogen and oxygen atoms in total. The molecule has 0 atom stereocenters. The number of H-pyrrole nitrogens is 1. The third-order valence-electron chi connectivity index (χ3n) is 3.19. The number of aromatic nitrogens is 3. The first-order valence-corrected chi connectivity index (χ1v) is 8.65. The van der Waals surface area contributed by atoms with Crippen molar-refractivity contribution in [3.8, 4) is 22.9 Å². The van der Waals surface area contributed by atoms with Crippen LogP contribution < -0.4 is 0 Å². The number of hydrogen-bond acceptors (Lipinski definition) is 5. The van der Waals surface area contributed by atoms with Crippen molar-refractivity contribution in [2.45, 2.75) is 0 Å². The van der Waals surface area contributed by atoms with Gasteiger partial charge in [0.2, 0.25) is 4.77 Å². The van der Waals surface area contributed by atoms with Crippen molar-refractivity contribution in [3.63, 3.8) is 0 Å². The van der Waals surface area contributed by atoms with Crippen molar-refractivity contribution < 1.29 is 10.2 Å². The lowest BCUT2D eigenvalue weighted by Gasteiger charge is -2.06. The minimum Gasteiger partial charge on any atom is -0.506 e. The molecule has 0 amide bonds. The number of hydrogen-bond donors (Lipinski definition) is 3. The van der Waals surface area contributed by atoms with Crippen LogP contribution in [-0.4, -0.2) is 31.3 Å². The zero-order chi connectivity index (χ0) is 17.3. The Labute approximate surface area is 158 Å². The topological polar surface area (TPSA) is 86.4 Å². The average Bonchev–Trinajstić information content (AvgIpc) is 2.96. The molecule has 0 saturated heterocycles. The zero-order valence-electron chi connectivity index (χ0n) is 11.9. The number of rotatable bonds is 3. The molecule has 1 heterocycles. The van der Waals surface area contributed by atoms with Crippen LogP contribution >= 0.6 is 44.1 Å². The highest BCUT2D eigenvalue weighted by Crippen LogP contribution is 2.40. The predicted octanol–water partition coefficient (Wildman–Crippen LogP) is 4.43. The predicted molar refractivity (Wildman–Crippen MR) is 101 cm³/mol. The quantitative estimate of drug-likeness (QED) is 0.391. The Morgan fingerprint density at radius 2 is 1.88 bits per heavy atom. The van der Waals surface area contributed by atoms with Crippen molar-refractivity contribution in [1.29, 1.82) is 0 Å². The molecule has 0 radical (unpaired) electrons. The second-order valence-electron chi connectivity index (χ2n) is 4.73. The van der Waals surface area contributed by atoms with Gasteiger partial charge in [0.1, 0.15) is 16.0 Å². The summed E-state index contributed by atoms with van der Waals surface area (Å²) in [5, 5.41) is 31.1. The van der Waals surface area contributed by atoms with E-state index in [9.17, 15) is 10.2 Å². The maximum atomic E-state index is 10.1. The lowest BCUT2D eigenvalue weighted by molar-refractivity contribution is 0.441. The standard InChI is InChI=1S/C15H10Br2N4O2S/c16-10-6-9(12(22)11(17)13(10)23)7-18-21-14(19-20-15(21)24)8-4-2-1-3-5-8/h1-7,22-23H,(H,20,24). The summed E-state index contributed by atoms with van der Waals surface area (Å²) in [7, 11) is 0. The molecule has 0 bridgehead atoms. The molecular weight excluding hydrogens is 460 g/mol. The number of benzene rings is 2. The maximum Gasteiger partial charge on any atom is 0.216 e. The van der Waals surface area contributed by atoms with Gasteiger partial charge in [-0.3, -0.25) is 0 Å². The third kappa shape index (κ3) is 3.14. The molecule has 3 aromatic rings. The summed E-state index contributed by atoms with van der Waals surface area (Å²) < 4.78 is 2.38. The maximum absolute atomic E-state index is 10.1. The van der Waals surface area contributed by atoms with Crippen molar-refractivity contribution in [1.82, 2.24) is 14.9 Å². The normalized spacial score (nSPS) is 11.2. The molecule has 0 spiro atoms. The number of aromatic amines is 1. The van der Waals surface area contributed by atoms with Crippen LogP contribution in [0.1, 0.15) is 5.56 Å². The van der Waals surface area contributed by atoms with Crippen LogP contribution in [-0.2, 0) is 0 Å². The molecular formula is C15H10Br2N4O2S. The first-order valence-electron chi connectivity index (χ1n) is 6.66. The Balaban J connectivity index is 2.06. The molecule has 3 N–H and O–H groups in total. The summed E-state index contributed by atoms with van der Waals surface area (Å²) >= 11 is 11.5. The Bertz CT molecular complexity index is 983. The van der Waals surface area contributed by atoms with Crippen LogP contribution in [0.2, 0.25) is 0 Å². The molecule has 0 fully saturated rings. The molecule has 3 rings (SSSR count). The lowest BCUT2D eigenvalue weighted by Crippen LogP contribution is -1.95. The summed E-state index contributed by atoms with van der Waals surface area (Å²) in [5.74, 6) is 0.332. The van der Waals surface area contributed by atoms with E-state index in [1.54, 1.807) is 6.07 Å². The highest BCUT2D eigenvalue weighted by atomic mass is 79.9. The van der Waals surface area contributed by atoms with E-state index in [2.05, 4.69) is 47.2 Å². The van der Waals surface area contributed by atoms with Crippen molar-refractivity contribution in [3.05, 3.63) is 55.7 Å². The fraction of sp³-hybridized carbons (Fsp3) is 0. The minimum absolute atomic E-state index is 0.0884. The molecule has 24 heavy (non-hydrogen) atoms. The van der Waals surface area contributed by atoms with Gasteiger partial charge in [-0.15, -0.1) is 0 Å². The second kappa shape index (κ2) is 6.88. The number of aromatic hydroxyl groups is 2. The minimum atomic E-state index is -0.129. The monoisotopic (exact) mass is 468 g/mol. The van der Waals surface area contributed by atoms with Gasteiger partial charge in [0.25, 0.3) is 0 Å². The van der Waals surface area contributed by atoms with Gasteiger partial charge in [0.15, 0.2) is 5.82 Å². The third-order valence-corrected chi connectivity index (χ3v) is 4.81. The summed E-state index contributed by atoms with van der Waals surface area (Å²) in [6.45, 7) is 0. The molecule has 1 aromatic heterocycles. The molecule has 0 unspecified atom stereocenters. The van der Waals surface area contributed by atoms with E-state index >= 15 is 0 Å². The highest BCUT2D eigenvalue weighted by Gasteiger charge is 2.13. The van der Waals surface area contributed by atoms with Crippen LogP contribution in [0.4, 0.5) is 0 Å². The largest absolute Gasteiger partial charge is 0.506 e. The summed E-state index contributed by atoms with van der Waals surface area (Å²) in [4.78, 5) is 0. The smallest absolute Gasteiger partial charge is 0.216 e. The lowest BCUT2D eigenvalue weighted by atomic mass is 10.2. The average molecular weight is 470 g/mol.